The van der Waals surface area contributed by atoms with Gasteiger partial charge in [0.1, 0.15) is 0 Å². The zero-order valence-electron chi connectivity index (χ0n) is 12.8. The minimum atomic E-state index is -0.0276. The van der Waals surface area contributed by atoms with Crippen LogP contribution >= 0.6 is 0 Å². The Labute approximate surface area is 122 Å². The third-order valence-corrected chi connectivity index (χ3v) is 4.42. The molecule has 1 saturated heterocycles. The average Bonchev–Trinajstić information content (AvgIpc) is 2.47. The molecule has 1 fully saturated rings. The van der Waals surface area contributed by atoms with Crippen LogP contribution in [0.5, 0.6) is 0 Å². The Morgan fingerprint density at radius 2 is 2.20 bits per heavy atom. The molecule has 3 nitrogen and oxygen atoms in total. The Bertz CT molecular complexity index is 458. The molecule has 1 aliphatic heterocycles. The van der Waals surface area contributed by atoms with E-state index >= 15 is 0 Å². The summed E-state index contributed by atoms with van der Waals surface area (Å²) in [7, 11) is 0. The van der Waals surface area contributed by atoms with Gasteiger partial charge in [0.2, 0.25) is 5.91 Å². The molecular weight excluding hydrogens is 248 g/mol. The Morgan fingerprint density at radius 3 is 2.90 bits per heavy atom. The predicted octanol–water partition coefficient (Wildman–Crippen LogP) is 2.95. The fourth-order valence-electron chi connectivity index (χ4n) is 3.03. The van der Waals surface area contributed by atoms with Crippen LogP contribution in [0.15, 0.2) is 24.3 Å². The highest BCUT2D eigenvalue weighted by Crippen LogP contribution is 2.21. The van der Waals surface area contributed by atoms with E-state index < -0.39 is 0 Å². The van der Waals surface area contributed by atoms with Crippen molar-refractivity contribution in [3.8, 4) is 0 Å². The lowest BCUT2D eigenvalue weighted by Crippen LogP contribution is -2.49. The molecular formula is C17H26N2O. The van der Waals surface area contributed by atoms with Gasteiger partial charge in [0.25, 0.3) is 0 Å². The smallest absolute Gasteiger partial charge is 0.237 e. The van der Waals surface area contributed by atoms with Gasteiger partial charge in [-0.25, -0.2) is 0 Å². The van der Waals surface area contributed by atoms with Crippen molar-refractivity contribution >= 4 is 5.91 Å². The summed E-state index contributed by atoms with van der Waals surface area (Å²) in [5.41, 5.74) is 2.42. The molecule has 1 aliphatic rings. The second-order valence-corrected chi connectivity index (χ2v) is 5.89. The molecule has 1 aromatic rings. The average molecular weight is 274 g/mol. The zero-order chi connectivity index (χ0) is 14.5. The topological polar surface area (TPSA) is 41.1 Å². The lowest BCUT2D eigenvalue weighted by molar-refractivity contribution is -0.124. The molecule has 1 aromatic carbocycles. The van der Waals surface area contributed by atoms with Crippen LogP contribution in [0.4, 0.5) is 0 Å². The number of hydrogen-bond donors (Lipinski definition) is 2. The van der Waals surface area contributed by atoms with Crippen LogP contribution in [0.1, 0.15) is 50.3 Å². The van der Waals surface area contributed by atoms with Gasteiger partial charge in [-0.05, 0) is 50.3 Å². The van der Waals surface area contributed by atoms with E-state index in [1.165, 1.54) is 24.0 Å². The number of aryl methyl sites for hydroxylation is 1. The second-order valence-electron chi connectivity index (χ2n) is 5.89. The fraction of sp³-hybridized carbons (Fsp3) is 0.588. The summed E-state index contributed by atoms with van der Waals surface area (Å²) in [6.45, 7) is 7.31. The van der Waals surface area contributed by atoms with E-state index in [9.17, 15) is 4.79 Å². The molecule has 110 valence electrons. The first-order valence-electron chi connectivity index (χ1n) is 7.71. The molecule has 0 aliphatic carbocycles. The molecule has 0 radical (unpaired) electrons. The number of benzene rings is 1. The normalized spacial score (nSPS) is 24.1. The van der Waals surface area contributed by atoms with E-state index in [0.717, 1.165) is 13.0 Å². The summed E-state index contributed by atoms with van der Waals surface area (Å²) >= 11 is 0. The molecule has 0 aromatic heterocycles. The van der Waals surface area contributed by atoms with E-state index in [1.54, 1.807) is 0 Å². The van der Waals surface area contributed by atoms with Crippen LogP contribution in [0.2, 0.25) is 0 Å². The van der Waals surface area contributed by atoms with Crippen LogP contribution < -0.4 is 10.6 Å². The standard InChI is InChI=1S/C17H26N2O/c1-4-14-9-10-18-16(11-14)17(20)19-13(3)15-8-6-5-7-12(15)2/h5-8,13-14,16,18H,4,9-11H2,1-3H3,(H,19,20)/t13-,14?,16?/m1/s1. The summed E-state index contributed by atoms with van der Waals surface area (Å²) in [4.78, 5) is 12.4. The van der Waals surface area contributed by atoms with Gasteiger partial charge in [0, 0.05) is 0 Å². The van der Waals surface area contributed by atoms with Crippen molar-refractivity contribution in [2.24, 2.45) is 5.92 Å². The van der Waals surface area contributed by atoms with Crippen LogP contribution in [-0.4, -0.2) is 18.5 Å². The lowest BCUT2D eigenvalue weighted by atomic mass is 9.90. The molecule has 3 heteroatoms. The van der Waals surface area contributed by atoms with Crippen molar-refractivity contribution in [1.29, 1.82) is 0 Å². The van der Waals surface area contributed by atoms with Crippen LogP contribution in [0.25, 0.3) is 0 Å². The molecule has 3 atom stereocenters. The van der Waals surface area contributed by atoms with Crippen molar-refractivity contribution in [1.82, 2.24) is 10.6 Å². The van der Waals surface area contributed by atoms with Gasteiger partial charge in [-0.3, -0.25) is 4.79 Å². The Kier molecular flexibility index (Phi) is 5.18. The molecule has 0 saturated carbocycles. The van der Waals surface area contributed by atoms with Gasteiger partial charge in [-0.15, -0.1) is 0 Å². The van der Waals surface area contributed by atoms with Crippen molar-refractivity contribution in [2.45, 2.75) is 52.1 Å². The summed E-state index contributed by atoms with van der Waals surface area (Å²) in [5.74, 6) is 0.819. The second kappa shape index (κ2) is 6.89. The van der Waals surface area contributed by atoms with Gasteiger partial charge in [-0.2, -0.15) is 0 Å². The number of amides is 1. The van der Waals surface area contributed by atoms with Crippen LogP contribution in [-0.2, 0) is 4.79 Å². The van der Waals surface area contributed by atoms with Crippen LogP contribution in [0.3, 0.4) is 0 Å². The molecule has 2 rings (SSSR count). The third kappa shape index (κ3) is 3.60. The van der Waals surface area contributed by atoms with Gasteiger partial charge in [0.15, 0.2) is 0 Å². The summed E-state index contributed by atoms with van der Waals surface area (Å²) in [6, 6.07) is 8.26. The van der Waals surface area contributed by atoms with Gasteiger partial charge in [-0.1, -0.05) is 37.6 Å². The number of nitrogens with one attached hydrogen (secondary N) is 2. The quantitative estimate of drug-likeness (QED) is 0.886. The van der Waals surface area contributed by atoms with E-state index in [4.69, 9.17) is 0 Å². The summed E-state index contributed by atoms with van der Waals surface area (Å²) in [6.07, 6.45) is 3.31. The molecule has 2 unspecified atom stereocenters. The molecule has 2 N–H and O–H groups in total. The first-order valence-corrected chi connectivity index (χ1v) is 7.71. The van der Waals surface area contributed by atoms with Gasteiger partial charge in [0.05, 0.1) is 12.1 Å². The van der Waals surface area contributed by atoms with E-state index in [0.29, 0.717) is 5.92 Å². The Hall–Kier alpha value is -1.35. The number of hydrogen-bond acceptors (Lipinski definition) is 2. The molecule has 1 amide bonds. The van der Waals surface area contributed by atoms with Gasteiger partial charge >= 0.3 is 0 Å². The zero-order valence-corrected chi connectivity index (χ0v) is 12.8. The minimum absolute atomic E-state index is 0.0276. The highest BCUT2D eigenvalue weighted by molar-refractivity contribution is 5.82. The number of carbonyl (C=O) groups excluding carboxylic acids is 1. The predicted molar refractivity (Wildman–Crippen MR) is 82.5 cm³/mol. The molecule has 0 bridgehead atoms. The maximum absolute atomic E-state index is 12.4. The molecule has 1 heterocycles. The Morgan fingerprint density at radius 1 is 1.45 bits per heavy atom. The van der Waals surface area contributed by atoms with E-state index in [1.807, 2.05) is 12.1 Å². The summed E-state index contributed by atoms with van der Waals surface area (Å²) < 4.78 is 0. The largest absolute Gasteiger partial charge is 0.348 e. The fourth-order valence-corrected chi connectivity index (χ4v) is 3.03. The first-order chi connectivity index (χ1) is 9.61. The van der Waals surface area contributed by atoms with Crippen LogP contribution in [0, 0.1) is 12.8 Å². The van der Waals surface area contributed by atoms with Crippen molar-refractivity contribution in [2.75, 3.05) is 6.54 Å². The Balaban J connectivity index is 1.95. The monoisotopic (exact) mass is 274 g/mol. The number of piperidine rings is 1. The maximum atomic E-state index is 12.4. The third-order valence-electron chi connectivity index (χ3n) is 4.42. The maximum Gasteiger partial charge on any atom is 0.237 e. The van der Waals surface area contributed by atoms with E-state index in [2.05, 4.69) is 43.5 Å². The van der Waals surface area contributed by atoms with E-state index in [-0.39, 0.29) is 18.0 Å². The van der Waals surface area contributed by atoms with Crippen molar-refractivity contribution in [3.63, 3.8) is 0 Å². The lowest BCUT2D eigenvalue weighted by Gasteiger charge is -2.30. The molecule has 0 spiro atoms. The summed E-state index contributed by atoms with van der Waals surface area (Å²) in [5, 5.41) is 6.49. The van der Waals surface area contributed by atoms with Gasteiger partial charge < -0.3 is 10.6 Å². The highest BCUT2D eigenvalue weighted by Gasteiger charge is 2.26. The van der Waals surface area contributed by atoms with Crippen molar-refractivity contribution < 1.29 is 4.79 Å². The highest BCUT2D eigenvalue weighted by atomic mass is 16.2. The number of rotatable bonds is 4. The minimum Gasteiger partial charge on any atom is -0.348 e. The van der Waals surface area contributed by atoms with Crippen molar-refractivity contribution in [3.05, 3.63) is 35.4 Å². The molecule has 20 heavy (non-hydrogen) atoms. The first kappa shape index (κ1) is 15.0. The number of carbonyl (C=O) groups is 1. The SMILES string of the molecule is CCC1CCNC(C(=O)N[C@H](C)c2ccccc2C)C1.